The molecule has 2 saturated heterocycles. The number of carbonyl (C=O) groups excluding carboxylic acids is 1. The maximum atomic E-state index is 12.5. The van der Waals surface area contributed by atoms with Crippen LogP contribution in [0.1, 0.15) is 36.7 Å². The Labute approximate surface area is 167 Å². The maximum Gasteiger partial charge on any atom is 0.289 e. The molecule has 2 fully saturated rings. The van der Waals surface area contributed by atoms with Gasteiger partial charge in [0, 0.05) is 38.8 Å². The van der Waals surface area contributed by atoms with Crippen molar-refractivity contribution in [1.82, 2.24) is 15.1 Å². The van der Waals surface area contributed by atoms with Crippen LogP contribution in [0.15, 0.2) is 33.4 Å². The molecule has 27 heavy (non-hydrogen) atoms. The fraction of sp³-hybridized carbons (Fsp3) is 0.526. The van der Waals surface area contributed by atoms with E-state index in [2.05, 4.69) is 48.9 Å². The molecular weight excluding hydrogens is 410 g/mol. The summed E-state index contributed by atoms with van der Waals surface area (Å²) >= 11 is 3.24. The van der Waals surface area contributed by atoms with Crippen LogP contribution in [0, 0.1) is 0 Å². The van der Waals surface area contributed by atoms with Gasteiger partial charge in [-0.15, -0.1) is 10.2 Å². The molecule has 0 radical (unpaired) electrons. The second-order valence-corrected chi connectivity index (χ2v) is 7.95. The Bertz CT molecular complexity index is 786. The van der Waals surface area contributed by atoms with Crippen LogP contribution in [-0.4, -0.2) is 59.8 Å². The highest BCUT2D eigenvalue weighted by Gasteiger charge is 2.25. The molecule has 4 rings (SSSR count). The number of hydrogen-bond donors (Lipinski definition) is 0. The van der Waals surface area contributed by atoms with Crippen molar-refractivity contribution in [3.05, 3.63) is 34.7 Å². The highest BCUT2D eigenvalue weighted by molar-refractivity contribution is 9.10. The van der Waals surface area contributed by atoms with Gasteiger partial charge in [-0.2, -0.15) is 0 Å². The van der Waals surface area contributed by atoms with Gasteiger partial charge in [-0.3, -0.25) is 4.79 Å². The van der Waals surface area contributed by atoms with E-state index in [-0.39, 0.29) is 5.91 Å². The van der Waals surface area contributed by atoms with E-state index in [0.29, 0.717) is 29.6 Å². The SMILES string of the molecule is C[C@@H]1CCCCN1c1ccc(N2CCN(C(=O)c3ccc(Br)o3)CC2)nn1. The number of halogens is 1. The summed E-state index contributed by atoms with van der Waals surface area (Å²) in [5.41, 5.74) is 0. The first-order chi connectivity index (χ1) is 13.1. The molecule has 144 valence electrons. The van der Waals surface area contributed by atoms with E-state index < -0.39 is 0 Å². The summed E-state index contributed by atoms with van der Waals surface area (Å²) in [6.07, 6.45) is 3.72. The number of rotatable bonds is 3. The summed E-state index contributed by atoms with van der Waals surface area (Å²) in [6.45, 7) is 6.07. The van der Waals surface area contributed by atoms with Crippen LogP contribution in [0.2, 0.25) is 0 Å². The van der Waals surface area contributed by atoms with Gasteiger partial charge in [-0.05, 0) is 66.4 Å². The Balaban J connectivity index is 1.36. The lowest BCUT2D eigenvalue weighted by Gasteiger charge is -2.36. The maximum absolute atomic E-state index is 12.5. The second-order valence-electron chi connectivity index (χ2n) is 7.17. The highest BCUT2D eigenvalue weighted by atomic mass is 79.9. The van der Waals surface area contributed by atoms with Crippen LogP contribution in [0.5, 0.6) is 0 Å². The molecule has 2 aliphatic heterocycles. The van der Waals surface area contributed by atoms with Crippen LogP contribution < -0.4 is 9.80 Å². The third kappa shape index (κ3) is 3.95. The molecule has 0 bridgehead atoms. The van der Waals surface area contributed by atoms with E-state index in [4.69, 9.17) is 4.42 Å². The average molecular weight is 434 g/mol. The largest absolute Gasteiger partial charge is 0.444 e. The number of furan rings is 1. The molecule has 0 saturated carbocycles. The summed E-state index contributed by atoms with van der Waals surface area (Å²) in [7, 11) is 0. The standard InChI is InChI=1S/C19H24BrN5O2/c1-14-4-2-3-9-25(14)18-8-7-17(21-22-18)23-10-12-24(13-11-23)19(26)15-5-6-16(20)27-15/h5-8,14H,2-4,9-13H2,1H3/t14-/m1/s1. The fourth-order valence-corrected chi connectivity index (χ4v) is 4.11. The molecule has 0 aromatic carbocycles. The molecular formula is C19H24BrN5O2. The van der Waals surface area contributed by atoms with E-state index in [1.807, 2.05) is 11.0 Å². The Kier molecular flexibility index (Phi) is 5.33. The molecule has 2 aromatic rings. The second kappa shape index (κ2) is 7.88. The predicted octanol–water partition coefficient (Wildman–Crippen LogP) is 3.17. The molecule has 2 aliphatic rings. The van der Waals surface area contributed by atoms with Crippen molar-refractivity contribution in [2.24, 2.45) is 0 Å². The van der Waals surface area contributed by atoms with Gasteiger partial charge in [-0.1, -0.05) is 0 Å². The minimum atomic E-state index is -0.0686. The molecule has 7 nitrogen and oxygen atoms in total. The Morgan fingerprint density at radius 2 is 1.78 bits per heavy atom. The fourth-order valence-electron chi connectivity index (χ4n) is 3.80. The van der Waals surface area contributed by atoms with Crippen molar-refractivity contribution >= 4 is 33.5 Å². The van der Waals surface area contributed by atoms with E-state index >= 15 is 0 Å². The zero-order valence-electron chi connectivity index (χ0n) is 15.5. The van der Waals surface area contributed by atoms with E-state index in [1.165, 1.54) is 19.3 Å². The number of amides is 1. The van der Waals surface area contributed by atoms with Crippen molar-refractivity contribution in [1.29, 1.82) is 0 Å². The monoisotopic (exact) mass is 433 g/mol. The number of anilines is 2. The first-order valence-corrected chi connectivity index (χ1v) is 10.3. The van der Waals surface area contributed by atoms with Crippen LogP contribution in [0.25, 0.3) is 0 Å². The lowest BCUT2D eigenvalue weighted by atomic mass is 10.0. The molecule has 0 N–H and O–H groups in total. The zero-order chi connectivity index (χ0) is 18.8. The normalized spacial score (nSPS) is 20.8. The minimum Gasteiger partial charge on any atom is -0.444 e. The molecule has 2 aromatic heterocycles. The summed E-state index contributed by atoms with van der Waals surface area (Å²) in [4.78, 5) is 18.8. The van der Waals surface area contributed by atoms with Gasteiger partial charge in [-0.25, -0.2) is 0 Å². The number of hydrogen-bond acceptors (Lipinski definition) is 6. The van der Waals surface area contributed by atoms with E-state index in [1.54, 1.807) is 12.1 Å². The quantitative estimate of drug-likeness (QED) is 0.740. The Morgan fingerprint density at radius 3 is 2.41 bits per heavy atom. The van der Waals surface area contributed by atoms with E-state index in [0.717, 1.165) is 31.3 Å². The van der Waals surface area contributed by atoms with Crippen LogP contribution in [0.3, 0.4) is 0 Å². The topological polar surface area (TPSA) is 65.7 Å². The third-order valence-electron chi connectivity index (χ3n) is 5.41. The van der Waals surface area contributed by atoms with Crippen molar-refractivity contribution in [3.8, 4) is 0 Å². The summed E-state index contributed by atoms with van der Waals surface area (Å²) in [5, 5.41) is 8.92. The van der Waals surface area contributed by atoms with Gasteiger partial charge in [0.05, 0.1) is 0 Å². The lowest BCUT2D eigenvalue weighted by molar-refractivity contribution is 0.0713. The first-order valence-electron chi connectivity index (χ1n) is 9.52. The van der Waals surface area contributed by atoms with Crippen LogP contribution >= 0.6 is 15.9 Å². The zero-order valence-corrected chi connectivity index (χ0v) is 17.1. The smallest absolute Gasteiger partial charge is 0.289 e. The Hall–Kier alpha value is -2.09. The first kappa shape index (κ1) is 18.3. The van der Waals surface area contributed by atoms with Gasteiger partial charge in [0.2, 0.25) is 0 Å². The summed E-state index contributed by atoms with van der Waals surface area (Å²) in [5.74, 6) is 2.13. The van der Waals surface area contributed by atoms with Crippen molar-refractivity contribution in [3.63, 3.8) is 0 Å². The Morgan fingerprint density at radius 1 is 1.04 bits per heavy atom. The number of aromatic nitrogens is 2. The van der Waals surface area contributed by atoms with Gasteiger partial charge in [0.15, 0.2) is 22.1 Å². The number of nitrogens with zero attached hydrogens (tertiary/aromatic N) is 5. The molecule has 1 atom stereocenters. The molecule has 0 aliphatic carbocycles. The molecule has 0 unspecified atom stereocenters. The van der Waals surface area contributed by atoms with Gasteiger partial charge >= 0.3 is 0 Å². The molecule has 0 spiro atoms. The van der Waals surface area contributed by atoms with E-state index in [9.17, 15) is 4.79 Å². The van der Waals surface area contributed by atoms with Crippen LogP contribution in [-0.2, 0) is 0 Å². The summed E-state index contributed by atoms with van der Waals surface area (Å²) in [6, 6.07) is 8.08. The van der Waals surface area contributed by atoms with Gasteiger partial charge in [0.25, 0.3) is 5.91 Å². The molecule has 4 heterocycles. The van der Waals surface area contributed by atoms with Gasteiger partial charge < -0.3 is 19.1 Å². The third-order valence-corrected chi connectivity index (χ3v) is 5.83. The van der Waals surface area contributed by atoms with Crippen molar-refractivity contribution in [2.75, 3.05) is 42.5 Å². The molecule has 1 amide bonds. The minimum absolute atomic E-state index is 0.0686. The lowest BCUT2D eigenvalue weighted by Crippen LogP contribution is -2.49. The predicted molar refractivity (Wildman–Crippen MR) is 107 cm³/mol. The number of piperazine rings is 1. The number of carbonyl (C=O) groups is 1. The number of piperidine rings is 1. The van der Waals surface area contributed by atoms with Gasteiger partial charge in [0.1, 0.15) is 0 Å². The average Bonchev–Trinajstić information content (AvgIpc) is 3.14. The van der Waals surface area contributed by atoms with Crippen molar-refractivity contribution < 1.29 is 9.21 Å². The highest BCUT2D eigenvalue weighted by Crippen LogP contribution is 2.24. The van der Waals surface area contributed by atoms with Crippen molar-refractivity contribution in [2.45, 2.75) is 32.2 Å². The summed E-state index contributed by atoms with van der Waals surface area (Å²) < 4.78 is 5.95. The molecule has 8 heteroatoms. The van der Waals surface area contributed by atoms with Crippen LogP contribution in [0.4, 0.5) is 11.6 Å².